The van der Waals surface area contributed by atoms with Crippen LogP contribution in [-0.4, -0.2) is 90.7 Å². The van der Waals surface area contributed by atoms with Gasteiger partial charge in [0.15, 0.2) is 0 Å². The highest BCUT2D eigenvalue weighted by Crippen LogP contribution is 2.36. The number of hydrogen-bond donors (Lipinski definition) is 2. The van der Waals surface area contributed by atoms with Crippen molar-refractivity contribution in [3.8, 4) is 0 Å². The number of likely N-dealkylation sites (N-methyl/N-ethyl adjacent to an activating group) is 1. The van der Waals surface area contributed by atoms with Gasteiger partial charge < -0.3 is 25.2 Å². The first-order chi connectivity index (χ1) is 18.7. The molecule has 9 nitrogen and oxygen atoms in total. The fourth-order valence-corrected chi connectivity index (χ4v) is 5.69. The number of nitrogens with zero attached hydrogens (tertiary/aromatic N) is 5. The van der Waals surface area contributed by atoms with Crippen LogP contribution in [0.4, 0.5) is 36.3 Å². The van der Waals surface area contributed by atoms with E-state index >= 15 is 0 Å². The molecular formula is C26H33ClF3N7O2. The summed E-state index contributed by atoms with van der Waals surface area (Å²) in [5.74, 6) is -0.344. The number of benzene rings is 1. The highest BCUT2D eigenvalue weighted by Gasteiger charge is 2.38. The highest BCUT2D eigenvalue weighted by molar-refractivity contribution is 6.33. The van der Waals surface area contributed by atoms with E-state index in [-0.39, 0.29) is 24.2 Å². The molecule has 3 fully saturated rings. The number of piperazine rings is 1. The third kappa shape index (κ3) is 6.50. The predicted molar refractivity (Wildman–Crippen MR) is 144 cm³/mol. The van der Waals surface area contributed by atoms with Gasteiger partial charge in [0.05, 0.1) is 30.3 Å². The maximum absolute atomic E-state index is 13.6. The van der Waals surface area contributed by atoms with Gasteiger partial charge in [-0.2, -0.15) is 18.2 Å². The van der Waals surface area contributed by atoms with Crippen LogP contribution in [0, 0.1) is 0 Å². The minimum Gasteiger partial charge on any atom is -0.379 e. The second-order valence-electron chi connectivity index (χ2n) is 10.2. The van der Waals surface area contributed by atoms with Gasteiger partial charge in [-0.1, -0.05) is 11.6 Å². The third-order valence-corrected chi connectivity index (χ3v) is 8.03. The first-order valence-corrected chi connectivity index (χ1v) is 13.6. The van der Waals surface area contributed by atoms with Crippen LogP contribution in [-0.2, 0) is 15.7 Å². The molecule has 13 heteroatoms. The number of alkyl halides is 3. The molecule has 1 amide bonds. The van der Waals surface area contributed by atoms with Crippen LogP contribution < -0.4 is 15.5 Å². The van der Waals surface area contributed by atoms with E-state index in [4.69, 9.17) is 16.3 Å². The summed E-state index contributed by atoms with van der Waals surface area (Å²) in [7, 11) is 2.18. The van der Waals surface area contributed by atoms with Gasteiger partial charge >= 0.3 is 6.18 Å². The molecule has 2 bridgehead atoms. The Morgan fingerprint density at radius 3 is 2.67 bits per heavy atom. The summed E-state index contributed by atoms with van der Waals surface area (Å²) in [6.07, 6.45) is -0.713. The van der Waals surface area contributed by atoms with E-state index in [2.05, 4.69) is 37.4 Å². The van der Waals surface area contributed by atoms with Crippen molar-refractivity contribution in [3.05, 3.63) is 35.0 Å². The Bertz CT molecular complexity index is 1170. The van der Waals surface area contributed by atoms with Gasteiger partial charge in [-0.25, -0.2) is 4.98 Å². The molecule has 3 saturated heterocycles. The van der Waals surface area contributed by atoms with Crippen molar-refractivity contribution in [1.82, 2.24) is 19.8 Å². The smallest absolute Gasteiger partial charge is 0.379 e. The van der Waals surface area contributed by atoms with Crippen LogP contribution in [0.3, 0.4) is 0 Å². The first kappa shape index (κ1) is 27.7. The highest BCUT2D eigenvalue weighted by atomic mass is 35.5. The minimum atomic E-state index is -4.62. The van der Waals surface area contributed by atoms with Crippen molar-refractivity contribution in [2.45, 2.75) is 43.9 Å². The van der Waals surface area contributed by atoms with Crippen LogP contribution in [0.5, 0.6) is 0 Å². The van der Waals surface area contributed by atoms with E-state index in [1.165, 1.54) is 12.8 Å². The van der Waals surface area contributed by atoms with E-state index in [1.54, 1.807) is 11.0 Å². The second-order valence-corrected chi connectivity index (χ2v) is 10.6. The molecule has 5 rings (SSSR count). The second kappa shape index (κ2) is 11.7. The van der Waals surface area contributed by atoms with E-state index in [9.17, 15) is 18.0 Å². The zero-order chi connectivity index (χ0) is 27.6. The fraction of sp³-hybridized carbons (Fsp3) is 0.577. The predicted octanol–water partition coefficient (Wildman–Crippen LogP) is 4.23. The summed E-state index contributed by atoms with van der Waals surface area (Å²) in [4.78, 5) is 26.6. The van der Waals surface area contributed by atoms with Gasteiger partial charge in [-0.05, 0) is 44.5 Å². The molecule has 4 heterocycles. The van der Waals surface area contributed by atoms with Crippen molar-refractivity contribution in [2.24, 2.45) is 0 Å². The van der Waals surface area contributed by atoms with Gasteiger partial charge in [-0.3, -0.25) is 9.69 Å². The number of halogens is 4. The molecule has 3 aliphatic rings. The summed E-state index contributed by atoms with van der Waals surface area (Å²) in [5.41, 5.74) is 0.559. The van der Waals surface area contributed by atoms with Crippen molar-refractivity contribution >= 4 is 40.6 Å². The lowest BCUT2D eigenvalue weighted by Gasteiger charge is -2.40. The number of rotatable bonds is 8. The van der Waals surface area contributed by atoms with Crippen molar-refractivity contribution < 1.29 is 22.7 Å². The maximum Gasteiger partial charge on any atom is 0.421 e. The lowest BCUT2D eigenvalue weighted by Crippen LogP contribution is -2.52. The van der Waals surface area contributed by atoms with Gasteiger partial charge in [-0.15, -0.1) is 0 Å². The van der Waals surface area contributed by atoms with Crippen molar-refractivity contribution in [3.63, 3.8) is 0 Å². The quantitative estimate of drug-likeness (QED) is 0.459. The van der Waals surface area contributed by atoms with Gasteiger partial charge in [0, 0.05) is 56.7 Å². The Morgan fingerprint density at radius 1 is 1.18 bits per heavy atom. The third-order valence-electron chi connectivity index (χ3n) is 7.72. The number of nitrogens with one attached hydrogen (secondary N) is 2. The maximum atomic E-state index is 13.6. The van der Waals surface area contributed by atoms with Crippen LogP contribution in [0.1, 0.15) is 31.2 Å². The summed E-state index contributed by atoms with van der Waals surface area (Å²) >= 11 is 6.57. The fourth-order valence-electron chi connectivity index (χ4n) is 5.46. The molecule has 1 aromatic heterocycles. The molecule has 0 spiro atoms. The van der Waals surface area contributed by atoms with Gasteiger partial charge in [0.25, 0.3) is 0 Å². The molecule has 0 radical (unpaired) electrons. The molecule has 2 aromatic rings. The Labute approximate surface area is 230 Å². The zero-order valence-electron chi connectivity index (χ0n) is 21.8. The largest absolute Gasteiger partial charge is 0.421 e. The van der Waals surface area contributed by atoms with Crippen molar-refractivity contribution in [2.75, 3.05) is 68.5 Å². The number of amides is 1. The topological polar surface area (TPSA) is 85.9 Å². The number of fused-ring (bicyclic) bond motifs is 2. The number of hydrogen-bond acceptors (Lipinski definition) is 8. The average molecular weight is 568 g/mol. The molecule has 1 aromatic carbocycles. The van der Waals surface area contributed by atoms with Crippen LogP contribution in [0.15, 0.2) is 24.4 Å². The Balaban J connectivity index is 1.24. The molecule has 2 N–H and O–H groups in total. The Kier molecular flexibility index (Phi) is 8.34. The van der Waals surface area contributed by atoms with Crippen molar-refractivity contribution in [1.29, 1.82) is 0 Å². The van der Waals surface area contributed by atoms with E-state index in [0.29, 0.717) is 61.9 Å². The standard InChI is InChI=1S/C26H33ClF3N7O2/c1-35-18-3-4-19(35)16-37(15-18)17-5-6-22(21(27)13-17)33-25-32-14-20(26(28,29)30)24(34-25)31-8-2-9-36-10-12-39-11-7-23(36)38/h5-6,13-14,18-19H,2-4,7-12,15-16H2,1H3,(H2,31,32,33,34)/t18-,19+. The number of aromatic nitrogens is 2. The SMILES string of the molecule is CN1[C@@H]2CC[C@H]1CN(c1ccc(Nc3ncc(C(F)(F)F)c(NCCCN4CCOCCC4=O)n3)c(Cl)c1)C2. The number of ether oxygens (including phenoxy) is 1. The number of carbonyl (C=O) groups excluding carboxylic acids is 1. The molecule has 3 aliphatic heterocycles. The van der Waals surface area contributed by atoms with E-state index < -0.39 is 11.7 Å². The summed E-state index contributed by atoms with van der Waals surface area (Å²) in [6, 6.07) is 6.69. The molecule has 212 valence electrons. The summed E-state index contributed by atoms with van der Waals surface area (Å²) in [6.45, 7) is 3.82. The summed E-state index contributed by atoms with van der Waals surface area (Å²) < 4.78 is 46.2. The molecule has 39 heavy (non-hydrogen) atoms. The number of anilines is 4. The molecule has 2 atom stereocenters. The molecule has 0 aliphatic carbocycles. The molecular weight excluding hydrogens is 535 g/mol. The Hall–Kier alpha value is -2.83. The van der Waals surface area contributed by atoms with Crippen LogP contribution >= 0.6 is 11.6 Å². The van der Waals surface area contributed by atoms with Crippen LogP contribution in [0.2, 0.25) is 5.02 Å². The normalized spacial score (nSPS) is 22.2. The van der Waals surface area contributed by atoms with Gasteiger partial charge in [0.1, 0.15) is 11.4 Å². The van der Waals surface area contributed by atoms with Gasteiger partial charge in [0.2, 0.25) is 11.9 Å². The van der Waals surface area contributed by atoms with E-state index in [0.717, 1.165) is 25.0 Å². The lowest BCUT2D eigenvalue weighted by molar-refractivity contribution is -0.137. The minimum absolute atomic E-state index is 0.00219. The monoisotopic (exact) mass is 567 g/mol. The molecule has 0 saturated carbocycles. The Morgan fingerprint density at radius 2 is 1.95 bits per heavy atom. The lowest BCUT2D eigenvalue weighted by atomic mass is 10.1. The van der Waals surface area contributed by atoms with E-state index in [1.807, 2.05) is 12.1 Å². The zero-order valence-corrected chi connectivity index (χ0v) is 22.6. The summed E-state index contributed by atoms with van der Waals surface area (Å²) in [5, 5.41) is 6.17. The average Bonchev–Trinajstić information content (AvgIpc) is 3.06. The van der Waals surface area contributed by atoms with Crippen LogP contribution in [0.25, 0.3) is 0 Å². The molecule has 0 unspecified atom stereocenters. The first-order valence-electron chi connectivity index (χ1n) is 13.3. The number of carbonyl (C=O) groups is 1.